The van der Waals surface area contributed by atoms with Gasteiger partial charge in [0, 0.05) is 31.3 Å². The molecular formula is C24H18Cl2N2O2. The molecule has 0 saturated heterocycles. The van der Waals surface area contributed by atoms with E-state index in [4.69, 9.17) is 27.9 Å². The molecule has 4 rings (SSSR count). The molecule has 150 valence electrons. The van der Waals surface area contributed by atoms with Gasteiger partial charge in [-0.05, 0) is 22.3 Å². The fourth-order valence-corrected chi connectivity index (χ4v) is 4.02. The summed E-state index contributed by atoms with van der Waals surface area (Å²) in [6.45, 7) is 0.651. The Bertz CT molecular complexity index is 1090. The van der Waals surface area contributed by atoms with E-state index in [1.807, 2.05) is 24.3 Å². The van der Waals surface area contributed by atoms with Crippen LogP contribution in [0.3, 0.4) is 0 Å². The van der Waals surface area contributed by atoms with E-state index in [-0.39, 0.29) is 12.5 Å². The number of hydrogen-bond donors (Lipinski definition) is 1. The molecule has 0 radical (unpaired) electrons. The van der Waals surface area contributed by atoms with Crippen molar-refractivity contribution in [3.63, 3.8) is 0 Å². The Labute approximate surface area is 185 Å². The lowest BCUT2D eigenvalue weighted by Crippen LogP contribution is -2.26. The molecule has 0 unspecified atom stereocenters. The summed E-state index contributed by atoms with van der Waals surface area (Å²) in [6.07, 6.45) is 2.97. The summed E-state index contributed by atoms with van der Waals surface area (Å²) < 4.78 is 5.49. The number of carbonyl (C=O) groups is 1. The first-order valence-electron chi connectivity index (χ1n) is 9.52. The van der Waals surface area contributed by atoms with E-state index >= 15 is 0 Å². The van der Waals surface area contributed by atoms with Crippen LogP contribution < -0.4 is 5.32 Å². The van der Waals surface area contributed by atoms with Crippen molar-refractivity contribution in [1.82, 2.24) is 10.3 Å². The van der Waals surface area contributed by atoms with E-state index in [0.29, 0.717) is 28.6 Å². The molecular weight excluding hydrogens is 419 g/mol. The van der Waals surface area contributed by atoms with Gasteiger partial charge in [0.25, 0.3) is 0 Å². The second kappa shape index (κ2) is 9.21. The van der Waals surface area contributed by atoms with Crippen LogP contribution in [0.15, 0.2) is 60.9 Å². The van der Waals surface area contributed by atoms with Gasteiger partial charge in [-0.2, -0.15) is 0 Å². The normalized spacial score (nSPS) is 11.8. The third-order valence-corrected chi connectivity index (χ3v) is 5.50. The van der Waals surface area contributed by atoms with E-state index in [1.54, 1.807) is 0 Å². The first-order chi connectivity index (χ1) is 14.6. The van der Waals surface area contributed by atoms with Gasteiger partial charge in [-0.3, -0.25) is 4.98 Å². The van der Waals surface area contributed by atoms with E-state index in [9.17, 15) is 4.79 Å². The van der Waals surface area contributed by atoms with Crippen LogP contribution in [0.2, 0.25) is 10.0 Å². The molecule has 30 heavy (non-hydrogen) atoms. The summed E-state index contributed by atoms with van der Waals surface area (Å²) in [6, 6.07) is 16.5. The lowest BCUT2D eigenvalue weighted by Gasteiger charge is -2.14. The standard InChI is InChI=1S/C24H18Cl2N2O2/c25-22-13-27-14-23(26)20(22)11-5-6-12-28-24(29)30-15-21-18-9-3-1-7-16(18)17-8-2-4-10-19(17)21/h1-4,7-10,13-14,21H,6,12,15H2,(H,28,29). The highest BCUT2D eigenvalue weighted by atomic mass is 35.5. The minimum Gasteiger partial charge on any atom is -0.449 e. The molecule has 0 fully saturated rings. The number of alkyl carbamates (subject to hydrolysis) is 1. The van der Waals surface area contributed by atoms with Crippen LogP contribution in [-0.2, 0) is 4.74 Å². The molecule has 2 aromatic carbocycles. The fraction of sp³-hybridized carbons (Fsp3) is 0.167. The molecule has 0 spiro atoms. The van der Waals surface area contributed by atoms with E-state index < -0.39 is 6.09 Å². The molecule has 0 aliphatic heterocycles. The number of benzene rings is 2. The van der Waals surface area contributed by atoms with Gasteiger partial charge in [0.15, 0.2) is 0 Å². The molecule has 1 aliphatic rings. The van der Waals surface area contributed by atoms with Crippen LogP contribution in [0.25, 0.3) is 11.1 Å². The Morgan fingerprint density at radius 3 is 2.23 bits per heavy atom. The van der Waals surface area contributed by atoms with Crippen molar-refractivity contribution < 1.29 is 9.53 Å². The number of hydrogen-bond acceptors (Lipinski definition) is 3. The quantitative estimate of drug-likeness (QED) is 0.423. The third-order valence-electron chi connectivity index (χ3n) is 4.93. The summed E-state index contributed by atoms with van der Waals surface area (Å²) in [5, 5.41) is 3.53. The highest BCUT2D eigenvalue weighted by Crippen LogP contribution is 2.44. The molecule has 3 aromatic rings. The zero-order chi connectivity index (χ0) is 20.9. The van der Waals surface area contributed by atoms with Crippen LogP contribution >= 0.6 is 23.2 Å². The molecule has 1 aliphatic carbocycles. The summed E-state index contributed by atoms with van der Waals surface area (Å²) in [7, 11) is 0. The van der Waals surface area contributed by atoms with Crippen molar-refractivity contribution in [1.29, 1.82) is 0 Å². The number of amides is 1. The molecule has 1 N–H and O–H groups in total. The zero-order valence-electron chi connectivity index (χ0n) is 16.0. The molecule has 6 heteroatoms. The Balaban J connectivity index is 1.31. The molecule has 1 aromatic heterocycles. The van der Waals surface area contributed by atoms with Crippen molar-refractivity contribution >= 4 is 29.3 Å². The van der Waals surface area contributed by atoms with Crippen molar-refractivity contribution in [3.05, 3.63) is 87.7 Å². The average Bonchev–Trinajstić information content (AvgIpc) is 3.08. The minimum absolute atomic E-state index is 0.0407. The number of nitrogens with one attached hydrogen (secondary N) is 1. The Morgan fingerprint density at radius 2 is 1.60 bits per heavy atom. The number of carbonyl (C=O) groups excluding carboxylic acids is 1. The highest BCUT2D eigenvalue weighted by Gasteiger charge is 2.28. The van der Waals surface area contributed by atoms with Crippen molar-refractivity contribution in [2.75, 3.05) is 13.2 Å². The summed E-state index contributed by atoms with van der Waals surface area (Å²) >= 11 is 12.1. The SMILES string of the molecule is O=C(NCCC#Cc1c(Cl)cncc1Cl)OCC1c2ccccc2-c2ccccc21. The first-order valence-corrected chi connectivity index (χ1v) is 10.3. The molecule has 4 nitrogen and oxygen atoms in total. The molecule has 1 heterocycles. The number of nitrogens with zero attached hydrogens (tertiary/aromatic N) is 1. The average molecular weight is 437 g/mol. The monoisotopic (exact) mass is 436 g/mol. The Kier molecular flexibility index (Phi) is 6.23. The molecule has 1 amide bonds. The van der Waals surface area contributed by atoms with Crippen LogP contribution in [0.5, 0.6) is 0 Å². The maximum atomic E-state index is 12.1. The zero-order valence-corrected chi connectivity index (χ0v) is 17.5. The second-order valence-corrected chi connectivity index (χ2v) is 7.60. The van der Waals surface area contributed by atoms with E-state index in [1.165, 1.54) is 34.6 Å². The third kappa shape index (κ3) is 4.28. The maximum absolute atomic E-state index is 12.1. The molecule has 0 bridgehead atoms. The van der Waals surface area contributed by atoms with Gasteiger partial charge in [-0.25, -0.2) is 4.79 Å². The highest BCUT2D eigenvalue weighted by molar-refractivity contribution is 6.36. The molecule has 0 atom stereocenters. The lowest BCUT2D eigenvalue weighted by atomic mass is 9.98. The smallest absolute Gasteiger partial charge is 0.407 e. The predicted octanol–water partition coefficient (Wildman–Crippen LogP) is 5.67. The number of halogens is 2. The van der Waals surface area contributed by atoms with Gasteiger partial charge in [0.05, 0.1) is 15.6 Å². The van der Waals surface area contributed by atoms with E-state index in [0.717, 1.165) is 0 Å². The van der Waals surface area contributed by atoms with Crippen molar-refractivity contribution in [2.24, 2.45) is 0 Å². The van der Waals surface area contributed by atoms with Crippen molar-refractivity contribution in [3.8, 4) is 23.0 Å². The maximum Gasteiger partial charge on any atom is 0.407 e. The summed E-state index contributed by atoms with van der Waals surface area (Å²) in [5.74, 6) is 5.89. The fourth-order valence-electron chi connectivity index (χ4n) is 3.56. The van der Waals surface area contributed by atoms with E-state index in [2.05, 4.69) is 46.4 Å². The van der Waals surface area contributed by atoms with Crippen LogP contribution in [0.1, 0.15) is 29.0 Å². The lowest BCUT2D eigenvalue weighted by molar-refractivity contribution is 0.143. The van der Waals surface area contributed by atoms with Gasteiger partial charge in [-0.1, -0.05) is 83.6 Å². The van der Waals surface area contributed by atoms with Gasteiger partial charge < -0.3 is 10.1 Å². The number of ether oxygens (including phenoxy) is 1. The number of aromatic nitrogens is 1. The first kappa shape index (κ1) is 20.3. The van der Waals surface area contributed by atoms with Gasteiger partial charge >= 0.3 is 6.09 Å². The van der Waals surface area contributed by atoms with Gasteiger partial charge in [0.2, 0.25) is 0 Å². The minimum atomic E-state index is -0.460. The van der Waals surface area contributed by atoms with Gasteiger partial charge in [-0.15, -0.1) is 0 Å². The number of fused-ring (bicyclic) bond motifs is 3. The second-order valence-electron chi connectivity index (χ2n) is 6.78. The number of rotatable bonds is 4. The van der Waals surface area contributed by atoms with Crippen LogP contribution in [0.4, 0.5) is 4.79 Å². The van der Waals surface area contributed by atoms with Crippen LogP contribution in [0, 0.1) is 11.8 Å². The van der Waals surface area contributed by atoms with Crippen molar-refractivity contribution in [2.45, 2.75) is 12.3 Å². The topological polar surface area (TPSA) is 51.2 Å². The van der Waals surface area contributed by atoms with Crippen LogP contribution in [-0.4, -0.2) is 24.2 Å². The van der Waals surface area contributed by atoms with Gasteiger partial charge in [0.1, 0.15) is 6.61 Å². The molecule has 0 saturated carbocycles. The largest absolute Gasteiger partial charge is 0.449 e. The number of pyridine rings is 1. The predicted molar refractivity (Wildman–Crippen MR) is 119 cm³/mol. The Hall–Kier alpha value is -3.00. The Morgan fingerprint density at radius 1 is 1.00 bits per heavy atom. The summed E-state index contributed by atoms with van der Waals surface area (Å²) in [5.41, 5.74) is 5.30. The summed E-state index contributed by atoms with van der Waals surface area (Å²) in [4.78, 5) is 16.0.